The smallest absolute Gasteiger partial charge is 0.126 e. The van der Waals surface area contributed by atoms with E-state index in [4.69, 9.17) is 0 Å². The summed E-state index contributed by atoms with van der Waals surface area (Å²) in [5, 5.41) is 0. The van der Waals surface area contributed by atoms with Gasteiger partial charge in [-0.25, -0.2) is 8.78 Å². The van der Waals surface area contributed by atoms with Crippen molar-refractivity contribution in [1.82, 2.24) is 0 Å². The zero-order valence-electron chi connectivity index (χ0n) is 36.6. The molecule has 0 amide bonds. The van der Waals surface area contributed by atoms with Crippen molar-refractivity contribution in [2.24, 2.45) is 0 Å². The normalized spacial score (nSPS) is 11.5. The van der Waals surface area contributed by atoms with Gasteiger partial charge in [-0.05, 0) is 243 Å². The van der Waals surface area contributed by atoms with Gasteiger partial charge < -0.3 is 0 Å². The number of benzene rings is 6. The molecule has 0 saturated heterocycles. The van der Waals surface area contributed by atoms with Crippen LogP contribution in [0, 0.1) is 94.7 Å². The summed E-state index contributed by atoms with van der Waals surface area (Å²) in [6.07, 6.45) is 8.46. The molecule has 57 heavy (non-hydrogen) atoms. The highest BCUT2D eigenvalue weighted by Crippen LogP contribution is 2.38. The first-order valence-corrected chi connectivity index (χ1v) is 21.0. The average molecular weight is 761 g/mol. The lowest BCUT2D eigenvalue weighted by Crippen LogP contribution is -1.99. The van der Waals surface area contributed by atoms with Crippen molar-refractivity contribution in [3.05, 3.63) is 162 Å². The number of aryl methyl sites for hydroxylation is 8. The van der Waals surface area contributed by atoms with E-state index in [1.165, 1.54) is 110 Å². The lowest BCUT2D eigenvalue weighted by molar-refractivity contribution is 0.611. The number of unbranched alkanes of at least 4 members (excludes halogenated alkanes) is 4. The number of hydrogen-bond acceptors (Lipinski definition) is 0. The van der Waals surface area contributed by atoms with Crippen LogP contribution in [0.25, 0.3) is 44.5 Å². The Hall–Kier alpha value is -4.82. The number of hydrogen-bond donors (Lipinski definition) is 0. The summed E-state index contributed by atoms with van der Waals surface area (Å²) in [6.45, 7) is 25.7. The Morgan fingerprint density at radius 1 is 0.316 bits per heavy atom. The zero-order valence-corrected chi connectivity index (χ0v) is 36.6. The highest BCUT2D eigenvalue weighted by atomic mass is 19.1. The Labute approximate surface area is 342 Å². The molecule has 0 aliphatic heterocycles. The number of halogens is 2. The minimum Gasteiger partial charge on any atom is -0.207 e. The van der Waals surface area contributed by atoms with Crippen LogP contribution in [0.4, 0.5) is 8.78 Å². The van der Waals surface area contributed by atoms with Crippen molar-refractivity contribution in [2.45, 2.75) is 128 Å². The minimum atomic E-state index is -0.143. The Kier molecular flexibility index (Phi) is 12.7. The Balaban J connectivity index is 1.04. The van der Waals surface area contributed by atoms with Crippen LogP contribution in [0.1, 0.15) is 110 Å². The van der Waals surface area contributed by atoms with Crippen LogP contribution in [0.2, 0.25) is 0 Å². The van der Waals surface area contributed by atoms with Gasteiger partial charge in [-0.1, -0.05) is 79.9 Å². The second-order valence-corrected chi connectivity index (χ2v) is 17.1. The molecule has 2 heteroatoms. The highest BCUT2D eigenvalue weighted by Gasteiger charge is 2.17. The molecule has 0 unspecified atom stereocenters. The molecular formula is C55H62F2. The SMILES string of the molecule is Cc1cc(-c2c(C)cc(-c3ccc(F)c(C)c3C)cc2C)cc(C)c1CCCCCCCc1c(C)cc(-c2c(C)cc(-c3ccc(F)c(C)c3C)cc2C)cc1C. The first kappa shape index (κ1) is 41.8. The molecule has 0 aliphatic rings. The molecule has 0 spiro atoms. The van der Waals surface area contributed by atoms with Crippen molar-refractivity contribution in [3.63, 3.8) is 0 Å². The van der Waals surface area contributed by atoms with Crippen LogP contribution in [-0.2, 0) is 12.8 Å². The molecule has 6 aromatic carbocycles. The summed E-state index contributed by atoms with van der Waals surface area (Å²) in [4.78, 5) is 0. The summed E-state index contributed by atoms with van der Waals surface area (Å²) in [5.74, 6) is -0.286. The van der Waals surface area contributed by atoms with E-state index >= 15 is 0 Å². The largest absolute Gasteiger partial charge is 0.207 e. The molecule has 0 radical (unpaired) electrons. The van der Waals surface area contributed by atoms with Gasteiger partial charge in [0, 0.05) is 0 Å². The van der Waals surface area contributed by atoms with Crippen LogP contribution in [0.5, 0.6) is 0 Å². The van der Waals surface area contributed by atoms with E-state index in [1.54, 1.807) is 12.1 Å². The van der Waals surface area contributed by atoms with Gasteiger partial charge in [-0.15, -0.1) is 0 Å². The maximum absolute atomic E-state index is 14.2. The van der Waals surface area contributed by atoms with Crippen molar-refractivity contribution in [3.8, 4) is 44.5 Å². The van der Waals surface area contributed by atoms with Crippen LogP contribution in [0.3, 0.4) is 0 Å². The van der Waals surface area contributed by atoms with Crippen molar-refractivity contribution in [1.29, 1.82) is 0 Å². The van der Waals surface area contributed by atoms with Gasteiger partial charge in [0.1, 0.15) is 11.6 Å². The van der Waals surface area contributed by atoms with E-state index in [0.717, 1.165) is 57.3 Å². The fourth-order valence-electron chi connectivity index (χ4n) is 9.55. The van der Waals surface area contributed by atoms with Gasteiger partial charge in [0.2, 0.25) is 0 Å². The third-order valence-electron chi connectivity index (χ3n) is 13.0. The first-order chi connectivity index (χ1) is 27.1. The van der Waals surface area contributed by atoms with Gasteiger partial charge in [-0.3, -0.25) is 0 Å². The van der Waals surface area contributed by atoms with Crippen molar-refractivity contribution >= 4 is 0 Å². The second-order valence-electron chi connectivity index (χ2n) is 17.1. The van der Waals surface area contributed by atoms with E-state index in [2.05, 4.69) is 104 Å². The lowest BCUT2D eigenvalue weighted by Gasteiger charge is -2.18. The van der Waals surface area contributed by atoms with E-state index in [9.17, 15) is 8.78 Å². The average Bonchev–Trinajstić information content (AvgIpc) is 3.13. The molecule has 296 valence electrons. The van der Waals surface area contributed by atoms with Gasteiger partial charge >= 0.3 is 0 Å². The monoisotopic (exact) mass is 760 g/mol. The van der Waals surface area contributed by atoms with E-state index < -0.39 is 0 Å². The predicted octanol–water partition coefficient (Wildman–Crippen LogP) is 16.1. The highest BCUT2D eigenvalue weighted by molar-refractivity contribution is 5.80. The van der Waals surface area contributed by atoms with Crippen molar-refractivity contribution < 1.29 is 8.78 Å². The fraction of sp³-hybridized carbons (Fsp3) is 0.345. The molecule has 0 bridgehead atoms. The summed E-state index contributed by atoms with van der Waals surface area (Å²) >= 11 is 0. The van der Waals surface area contributed by atoms with Gasteiger partial charge in [0.15, 0.2) is 0 Å². The molecular weight excluding hydrogens is 699 g/mol. The quantitative estimate of drug-likeness (QED) is 0.109. The molecule has 0 nitrogen and oxygen atoms in total. The molecule has 0 aliphatic carbocycles. The Morgan fingerprint density at radius 3 is 0.912 bits per heavy atom. The Morgan fingerprint density at radius 2 is 0.596 bits per heavy atom. The van der Waals surface area contributed by atoms with E-state index in [0.29, 0.717) is 0 Å². The van der Waals surface area contributed by atoms with Gasteiger partial charge in [0.25, 0.3) is 0 Å². The number of rotatable bonds is 12. The van der Waals surface area contributed by atoms with Crippen LogP contribution in [0.15, 0.2) is 72.8 Å². The fourth-order valence-corrected chi connectivity index (χ4v) is 9.55. The topological polar surface area (TPSA) is 0 Å². The second kappa shape index (κ2) is 17.4. The minimum absolute atomic E-state index is 0.143. The molecule has 0 N–H and O–H groups in total. The molecule has 0 atom stereocenters. The summed E-state index contributed by atoms with van der Waals surface area (Å²) in [5.41, 5.74) is 26.7. The summed E-state index contributed by atoms with van der Waals surface area (Å²) in [7, 11) is 0. The predicted molar refractivity (Wildman–Crippen MR) is 242 cm³/mol. The first-order valence-electron chi connectivity index (χ1n) is 21.0. The maximum Gasteiger partial charge on any atom is 0.126 e. The van der Waals surface area contributed by atoms with Crippen molar-refractivity contribution in [2.75, 3.05) is 0 Å². The molecule has 6 rings (SSSR count). The third-order valence-corrected chi connectivity index (χ3v) is 13.0. The molecule has 0 saturated carbocycles. The van der Waals surface area contributed by atoms with Crippen LogP contribution in [-0.4, -0.2) is 0 Å². The molecule has 0 heterocycles. The summed E-state index contributed by atoms with van der Waals surface area (Å²) < 4.78 is 28.4. The standard InChI is InChI=1S/C55H62F2/c1-32-24-46(54-36(5)28-44(29-37(54)6)50-20-22-52(56)42(11)40(50)9)25-33(2)48(32)18-16-14-13-15-17-19-49-34(3)26-47(27-35(49)4)55-38(7)30-45(31-39(55)8)51-21-23-53(57)43(12)41(51)10/h20-31H,13-19H2,1-12H3. The molecule has 6 aromatic rings. The van der Waals surface area contributed by atoms with Crippen LogP contribution >= 0.6 is 0 Å². The third kappa shape index (κ3) is 8.72. The van der Waals surface area contributed by atoms with E-state index in [-0.39, 0.29) is 11.6 Å². The lowest BCUT2D eigenvalue weighted by atomic mass is 9.86. The molecule has 0 fully saturated rings. The van der Waals surface area contributed by atoms with Gasteiger partial charge in [-0.2, -0.15) is 0 Å². The summed E-state index contributed by atoms with van der Waals surface area (Å²) in [6, 6.07) is 25.6. The van der Waals surface area contributed by atoms with Gasteiger partial charge in [0.05, 0.1) is 0 Å². The maximum atomic E-state index is 14.2. The molecule has 0 aromatic heterocycles. The zero-order chi connectivity index (χ0) is 41.3. The Bertz CT molecular complexity index is 2210. The van der Waals surface area contributed by atoms with Crippen LogP contribution < -0.4 is 0 Å². The van der Waals surface area contributed by atoms with E-state index in [1.807, 2.05) is 39.8 Å².